The summed E-state index contributed by atoms with van der Waals surface area (Å²) in [6.45, 7) is 10.3. The Morgan fingerprint density at radius 3 is 2.12 bits per heavy atom. The maximum atomic E-state index is 12.4. The van der Waals surface area contributed by atoms with Gasteiger partial charge in [0.1, 0.15) is 0 Å². The number of esters is 1. The van der Waals surface area contributed by atoms with Crippen molar-refractivity contribution in [2.45, 2.75) is 71.4 Å². The van der Waals surface area contributed by atoms with Gasteiger partial charge in [-0.3, -0.25) is 4.79 Å². The lowest BCUT2D eigenvalue weighted by Crippen LogP contribution is -2.49. The van der Waals surface area contributed by atoms with Crippen LogP contribution in [0.4, 0.5) is 0 Å². The molecular formula is C20H29NO3. The normalized spacial score (nSPS) is 21.5. The first-order chi connectivity index (χ1) is 11.2. The van der Waals surface area contributed by atoms with E-state index in [1.807, 2.05) is 17.0 Å². The molecule has 0 spiro atoms. The smallest absolute Gasteiger partial charge is 0.338 e. The quantitative estimate of drug-likeness (QED) is 0.788. The van der Waals surface area contributed by atoms with E-state index >= 15 is 0 Å². The fourth-order valence-corrected chi connectivity index (χ4v) is 3.30. The lowest BCUT2D eigenvalue weighted by Gasteiger charge is -2.38. The van der Waals surface area contributed by atoms with Gasteiger partial charge in [-0.05, 0) is 56.2 Å². The largest absolute Gasteiger partial charge is 0.452 e. The molecule has 1 aliphatic rings. The summed E-state index contributed by atoms with van der Waals surface area (Å²) in [6, 6.07) is 7.83. The number of amides is 1. The van der Waals surface area contributed by atoms with Gasteiger partial charge in [-0.15, -0.1) is 0 Å². The summed E-state index contributed by atoms with van der Waals surface area (Å²) in [6.07, 6.45) is 3.17. The fraction of sp³-hybridized carbons (Fsp3) is 0.600. The van der Waals surface area contributed by atoms with Crippen molar-refractivity contribution in [1.29, 1.82) is 0 Å². The van der Waals surface area contributed by atoms with Crippen LogP contribution in [0.25, 0.3) is 0 Å². The lowest BCUT2D eigenvalue weighted by atomic mass is 9.87. The first-order valence-electron chi connectivity index (χ1n) is 8.79. The molecule has 4 nitrogen and oxygen atoms in total. The maximum Gasteiger partial charge on any atom is 0.338 e. The van der Waals surface area contributed by atoms with Crippen molar-refractivity contribution in [3.63, 3.8) is 0 Å². The Balaban J connectivity index is 1.94. The minimum atomic E-state index is -0.443. The summed E-state index contributed by atoms with van der Waals surface area (Å²) in [5.41, 5.74) is 1.68. The molecule has 0 radical (unpaired) electrons. The van der Waals surface area contributed by atoms with Gasteiger partial charge in [0.15, 0.2) is 6.61 Å². The number of carbonyl (C=O) groups is 2. The van der Waals surface area contributed by atoms with Gasteiger partial charge < -0.3 is 9.64 Å². The van der Waals surface area contributed by atoms with Crippen LogP contribution in [-0.4, -0.2) is 35.5 Å². The first kappa shape index (κ1) is 18.5. The Hall–Kier alpha value is -1.84. The van der Waals surface area contributed by atoms with Gasteiger partial charge in [0.2, 0.25) is 0 Å². The average Bonchev–Trinajstić information content (AvgIpc) is 2.51. The Bertz CT molecular complexity index is 576. The van der Waals surface area contributed by atoms with Crippen molar-refractivity contribution < 1.29 is 14.3 Å². The molecule has 1 fully saturated rings. The molecule has 1 amide bonds. The number of rotatable bonds is 3. The Morgan fingerprint density at radius 2 is 1.62 bits per heavy atom. The molecule has 1 aromatic carbocycles. The van der Waals surface area contributed by atoms with Crippen LogP contribution < -0.4 is 0 Å². The van der Waals surface area contributed by atoms with Crippen molar-refractivity contribution in [3.8, 4) is 0 Å². The van der Waals surface area contributed by atoms with Crippen LogP contribution in [0, 0.1) is 0 Å². The summed E-state index contributed by atoms with van der Waals surface area (Å²) in [4.78, 5) is 26.4. The molecule has 2 atom stereocenters. The Labute approximate surface area is 145 Å². The molecule has 1 saturated heterocycles. The molecule has 1 aromatic rings. The number of hydrogen-bond donors (Lipinski definition) is 0. The van der Waals surface area contributed by atoms with Gasteiger partial charge in [-0.2, -0.15) is 0 Å². The van der Waals surface area contributed by atoms with E-state index in [0.29, 0.717) is 5.56 Å². The summed E-state index contributed by atoms with van der Waals surface area (Å²) in [5, 5.41) is 0. The zero-order valence-electron chi connectivity index (χ0n) is 15.5. The molecule has 2 rings (SSSR count). The minimum Gasteiger partial charge on any atom is -0.452 e. The molecule has 1 heterocycles. The molecule has 0 N–H and O–H groups in total. The third-order valence-corrected chi connectivity index (χ3v) is 4.79. The molecular weight excluding hydrogens is 302 g/mol. The number of nitrogens with zero attached hydrogens (tertiary/aromatic N) is 1. The van der Waals surface area contributed by atoms with Crippen molar-refractivity contribution >= 4 is 11.9 Å². The molecule has 24 heavy (non-hydrogen) atoms. The molecule has 132 valence electrons. The number of benzene rings is 1. The summed E-state index contributed by atoms with van der Waals surface area (Å²) in [7, 11) is 0. The molecule has 0 saturated carbocycles. The van der Waals surface area contributed by atoms with Gasteiger partial charge in [-0.1, -0.05) is 32.9 Å². The summed E-state index contributed by atoms with van der Waals surface area (Å²) < 4.78 is 5.24. The van der Waals surface area contributed by atoms with Crippen LogP contribution in [0.2, 0.25) is 0 Å². The van der Waals surface area contributed by atoms with Crippen LogP contribution >= 0.6 is 0 Å². The third-order valence-electron chi connectivity index (χ3n) is 4.79. The van der Waals surface area contributed by atoms with E-state index in [1.165, 1.54) is 0 Å². The second kappa shape index (κ2) is 7.37. The average molecular weight is 331 g/mol. The van der Waals surface area contributed by atoms with E-state index in [-0.39, 0.29) is 30.0 Å². The fourth-order valence-electron chi connectivity index (χ4n) is 3.30. The lowest BCUT2D eigenvalue weighted by molar-refractivity contribution is -0.140. The van der Waals surface area contributed by atoms with Gasteiger partial charge in [0, 0.05) is 12.1 Å². The monoisotopic (exact) mass is 331 g/mol. The van der Waals surface area contributed by atoms with Crippen molar-refractivity contribution in [2.75, 3.05) is 6.61 Å². The summed E-state index contributed by atoms with van der Waals surface area (Å²) in [5.74, 6) is -0.546. The van der Waals surface area contributed by atoms with Crippen LogP contribution in [0.15, 0.2) is 24.3 Å². The molecule has 1 aliphatic heterocycles. The second-order valence-corrected chi connectivity index (χ2v) is 7.83. The topological polar surface area (TPSA) is 46.6 Å². The number of likely N-dealkylation sites (tertiary alicyclic amines) is 1. The highest BCUT2D eigenvalue weighted by Crippen LogP contribution is 2.23. The first-order valence-corrected chi connectivity index (χ1v) is 8.79. The third kappa shape index (κ3) is 4.37. The predicted molar refractivity (Wildman–Crippen MR) is 95.0 cm³/mol. The highest BCUT2D eigenvalue weighted by Gasteiger charge is 2.29. The summed E-state index contributed by atoms with van der Waals surface area (Å²) >= 11 is 0. The zero-order valence-corrected chi connectivity index (χ0v) is 15.5. The highest BCUT2D eigenvalue weighted by molar-refractivity contribution is 5.91. The van der Waals surface area contributed by atoms with E-state index in [4.69, 9.17) is 4.74 Å². The van der Waals surface area contributed by atoms with Crippen LogP contribution in [0.5, 0.6) is 0 Å². The molecule has 4 heteroatoms. The molecule has 0 aromatic heterocycles. The zero-order chi connectivity index (χ0) is 17.9. The SMILES string of the molecule is C[C@@H]1CCC[C@H](C)N1C(=O)COC(=O)c1ccc(C(C)(C)C)cc1. The number of ether oxygens (including phenoxy) is 1. The predicted octanol–water partition coefficient (Wildman–Crippen LogP) is 3.93. The van der Waals surface area contributed by atoms with Crippen LogP contribution in [0.3, 0.4) is 0 Å². The van der Waals surface area contributed by atoms with Crippen molar-refractivity contribution in [3.05, 3.63) is 35.4 Å². The Morgan fingerprint density at radius 1 is 1.08 bits per heavy atom. The molecule has 0 unspecified atom stereocenters. The molecule has 0 aliphatic carbocycles. The van der Waals surface area contributed by atoms with Crippen LogP contribution in [0.1, 0.15) is 69.8 Å². The minimum absolute atomic E-state index is 0.0406. The number of piperidine rings is 1. The van der Waals surface area contributed by atoms with Crippen molar-refractivity contribution in [2.24, 2.45) is 0 Å². The van der Waals surface area contributed by atoms with E-state index in [9.17, 15) is 9.59 Å². The standard InChI is InChI=1S/C20H29NO3/c1-14-7-6-8-15(2)21(14)18(22)13-24-19(23)16-9-11-17(12-10-16)20(3,4)5/h9-12,14-15H,6-8,13H2,1-5H3/t14-,15+. The Kier molecular flexibility index (Phi) is 5.68. The van der Waals surface area contributed by atoms with Crippen LogP contribution in [-0.2, 0) is 14.9 Å². The van der Waals surface area contributed by atoms with Gasteiger partial charge in [-0.25, -0.2) is 4.79 Å². The van der Waals surface area contributed by atoms with E-state index < -0.39 is 5.97 Å². The number of carbonyl (C=O) groups excluding carboxylic acids is 2. The second-order valence-electron chi connectivity index (χ2n) is 7.83. The highest BCUT2D eigenvalue weighted by atomic mass is 16.5. The van der Waals surface area contributed by atoms with E-state index in [0.717, 1.165) is 24.8 Å². The van der Waals surface area contributed by atoms with E-state index in [1.54, 1.807) is 12.1 Å². The van der Waals surface area contributed by atoms with E-state index in [2.05, 4.69) is 34.6 Å². The van der Waals surface area contributed by atoms with Crippen molar-refractivity contribution in [1.82, 2.24) is 4.90 Å². The molecule has 0 bridgehead atoms. The number of hydrogen-bond acceptors (Lipinski definition) is 3. The van der Waals surface area contributed by atoms with Gasteiger partial charge >= 0.3 is 5.97 Å². The van der Waals surface area contributed by atoms with Gasteiger partial charge in [0.25, 0.3) is 5.91 Å². The van der Waals surface area contributed by atoms with Gasteiger partial charge in [0.05, 0.1) is 5.56 Å². The maximum absolute atomic E-state index is 12.4.